The molecule has 0 unspecified atom stereocenters. The molecule has 0 aromatic heterocycles. The summed E-state index contributed by atoms with van der Waals surface area (Å²) in [5.41, 5.74) is 3.26. The van der Waals surface area contributed by atoms with Gasteiger partial charge < -0.3 is 9.47 Å². The van der Waals surface area contributed by atoms with E-state index >= 15 is 0 Å². The van der Waals surface area contributed by atoms with Gasteiger partial charge in [0, 0.05) is 22.2 Å². The Morgan fingerprint density at radius 2 is 2.04 bits per heavy atom. The molecule has 8 nitrogen and oxygen atoms in total. The number of non-ortho nitro benzene ring substituents is 1. The molecule has 1 amide bonds. The largest absolute Gasteiger partial charge is 0.493 e. The van der Waals surface area contributed by atoms with Gasteiger partial charge in [-0.3, -0.25) is 14.9 Å². The first-order chi connectivity index (χ1) is 12.8. The molecule has 0 radical (unpaired) electrons. The summed E-state index contributed by atoms with van der Waals surface area (Å²) in [6, 6.07) is 9.45. The normalized spacial score (nSPS) is 11.0. The number of nitro groups is 1. The molecule has 0 fully saturated rings. The van der Waals surface area contributed by atoms with Gasteiger partial charge in [0.2, 0.25) is 0 Å². The minimum Gasteiger partial charge on any atom is -0.493 e. The number of methoxy groups -OCH3 is 1. The summed E-state index contributed by atoms with van der Waals surface area (Å²) in [6.45, 7) is 1.34. The maximum atomic E-state index is 12.0. The summed E-state index contributed by atoms with van der Waals surface area (Å²) in [6.07, 6.45) is 0. The molecule has 2 rings (SSSR count). The van der Waals surface area contributed by atoms with Crippen molar-refractivity contribution in [2.45, 2.75) is 6.92 Å². The molecule has 0 saturated heterocycles. The van der Waals surface area contributed by atoms with E-state index in [1.54, 1.807) is 31.2 Å². The average Bonchev–Trinajstić information content (AvgIpc) is 2.64. The molecule has 0 saturated carbocycles. The van der Waals surface area contributed by atoms with E-state index in [0.717, 1.165) is 4.47 Å². The van der Waals surface area contributed by atoms with Crippen LogP contribution >= 0.6 is 31.9 Å². The Kier molecular flexibility index (Phi) is 7.31. The topological polar surface area (TPSA) is 103 Å². The lowest BCUT2D eigenvalue weighted by atomic mass is 10.1. The molecule has 0 aliphatic rings. The number of amides is 1. The third-order valence-corrected chi connectivity index (χ3v) is 4.41. The van der Waals surface area contributed by atoms with Crippen LogP contribution in [0.4, 0.5) is 5.69 Å². The number of benzene rings is 2. The SMILES string of the molecule is COc1cc(Br)cc(Br)c1OCC(=O)NN=C(C)c1cccc([N+](=O)[O-])c1. The van der Waals surface area contributed by atoms with Crippen molar-refractivity contribution in [2.24, 2.45) is 5.10 Å². The lowest BCUT2D eigenvalue weighted by Gasteiger charge is -2.12. The number of halogens is 2. The number of hydrazone groups is 1. The second kappa shape index (κ2) is 9.47. The molecule has 2 aromatic rings. The van der Waals surface area contributed by atoms with E-state index in [2.05, 4.69) is 42.4 Å². The average molecular weight is 501 g/mol. The Balaban J connectivity index is 2.01. The van der Waals surface area contributed by atoms with E-state index in [0.29, 0.717) is 27.2 Å². The summed E-state index contributed by atoms with van der Waals surface area (Å²) in [7, 11) is 1.49. The fourth-order valence-corrected chi connectivity index (χ4v) is 3.35. The zero-order valence-electron chi connectivity index (χ0n) is 14.4. The van der Waals surface area contributed by atoms with Gasteiger partial charge in [-0.25, -0.2) is 5.43 Å². The number of hydrogen-bond acceptors (Lipinski definition) is 6. The third kappa shape index (κ3) is 5.76. The maximum Gasteiger partial charge on any atom is 0.277 e. The van der Waals surface area contributed by atoms with Crippen molar-refractivity contribution in [3.05, 3.63) is 61.0 Å². The minimum atomic E-state index is -0.493. The highest BCUT2D eigenvalue weighted by molar-refractivity contribution is 9.11. The van der Waals surface area contributed by atoms with Crippen molar-refractivity contribution in [3.63, 3.8) is 0 Å². The molecular weight excluding hydrogens is 486 g/mol. The highest BCUT2D eigenvalue weighted by Crippen LogP contribution is 2.38. The van der Waals surface area contributed by atoms with E-state index in [1.165, 1.54) is 19.2 Å². The lowest BCUT2D eigenvalue weighted by molar-refractivity contribution is -0.384. The Morgan fingerprint density at radius 1 is 1.30 bits per heavy atom. The van der Waals surface area contributed by atoms with Gasteiger partial charge in [-0.2, -0.15) is 5.10 Å². The van der Waals surface area contributed by atoms with Crippen molar-refractivity contribution in [3.8, 4) is 11.5 Å². The van der Waals surface area contributed by atoms with E-state index in [1.807, 2.05) is 0 Å². The Hall–Kier alpha value is -2.46. The first kappa shape index (κ1) is 20.8. The molecule has 2 aromatic carbocycles. The predicted molar refractivity (Wildman–Crippen MR) is 107 cm³/mol. The summed E-state index contributed by atoms with van der Waals surface area (Å²) in [5.74, 6) is 0.354. The number of ether oxygens (including phenoxy) is 2. The lowest BCUT2D eigenvalue weighted by Crippen LogP contribution is -2.25. The van der Waals surface area contributed by atoms with Crippen molar-refractivity contribution >= 4 is 49.2 Å². The van der Waals surface area contributed by atoms with Crippen LogP contribution in [0.25, 0.3) is 0 Å². The van der Waals surface area contributed by atoms with Gasteiger partial charge >= 0.3 is 0 Å². The number of nitro benzene ring substituents is 1. The Bertz CT molecular complexity index is 902. The van der Waals surface area contributed by atoms with Crippen LogP contribution in [0.2, 0.25) is 0 Å². The zero-order valence-corrected chi connectivity index (χ0v) is 17.5. The Labute approximate surface area is 172 Å². The number of hydrogen-bond donors (Lipinski definition) is 1. The highest BCUT2D eigenvalue weighted by Gasteiger charge is 2.13. The van der Waals surface area contributed by atoms with Crippen LogP contribution in [0.15, 0.2) is 50.4 Å². The summed E-state index contributed by atoms with van der Waals surface area (Å²) >= 11 is 6.69. The molecule has 27 heavy (non-hydrogen) atoms. The number of nitrogens with zero attached hydrogens (tertiary/aromatic N) is 2. The van der Waals surface area contributed by atoms with Gasteiger partial charge in [0.1, 0.15) is 0 Å². The quantitative estimate of drug-likeness (QED) is 0.351. The summed E-state index contributed by atoms with van der Waals surface area (Å²) in [5, 5.41) is 14.8. The molecule has 0 spiro atoms. The zero-order chi connectivity index (χ0) is 20.0. The molecule has 0 aliphatic heterocycles. The van der Waals surface area contributed by atoms with Gasteiger partial charge in [0.25, 0.3) is 11.6 Å². The van der Waals surface area contributed by atoms with Gasteiger partial charge in [-0.05, 0) is 35.0 Å². The molecular formula is C17H15Br2N3O5. The summed E-state index contributed by atoms with van der Waals surface area (Å²) < 4.78 is 12.1. The molecule has 0 bridgehead atoms. The van der Waals surface area contributed by atoms with Crippen molar-refractivity contribution in [1.29, 1.82) is 0 Å². The smallest absolute Gasteiger partial charge is 0.277 e. The van der Waals surface area contributed by atoms with Crippen LogP contribution in [0.1, 0.15) is 12.5 Å². The molecule has 0 aliphatic carbocycles. The van der Waals surface area contributed by atoms with Crippen molar-refractivity contribution < 1.29 is 19.2 Å². The van der Waals surface area contributed by atoms with E-state index < -0.39 is 10.8 Å². The second-order valence-corrected chi connectivity index (χ2v) is 7.02. The molecule has 1 N–H and O–H groups in total. The molecule has 142 valence electrons. The van der Waals surface area contributed by atoms with Crippen LogP contribution in [0.5, 0.6) is 11.5 Å². The predicted octanol–water partition coefficient (Wildman–Crippen LogP) is 4.05. The molecule has 0 heterocycles. The van der Waals surface area contributed by atoms with E-state index in [4.69, 9.17) is 9.47 Å². The number of rotatable bonds is 7. The van der Waals surface area contributed by atoms with Crippen LogP contribution in [-0.2, 0) is 4.79 Å². The highest BCUT2D eigenvalue weighted by atomic mass is 79.9. The first-order valence-electron chi connectivity index (χ1n) is 7.55. The van der Waals surface area contributed by atoms with Crippen molar-refractivity contribution in [2.75, 3.05) is 13.7 Å². The van der Waals surface area contributed by atoms with Crippen LogP contribution in [0.3, 0.4) is 0 Å². The van der Waals surface area contributed by atoms with Crippen molar-refractivity contribution in [1.82, 2.24) is 5.43 Å². The van der Waals surface area contributed by atoms with Gasteiger partial charge in [0.05, 0.1) is 22.2 Å². The van der Waals surface area contributed by atoms with E-state index in [9.17, 15) is 14.9 Å². The minimum absolute atomic E-state index is 0.0520. The number of carbonyl (C=O) groups excluding carboxylic acids is 1. The van der Waals surface area contributed by atoms with Gasteiger partial charge in [-0.1, -0.05) is 28.1 Å². The van der Waals surface area contributed by atoms with E-state index in [-0.39, 0.29) is 12.3 Å². The number of nitrogens with one attached hydrogen (secondary N) is 1. The van der Waals surface area contributed by atoms with Crippen LogP contribution in [-0.4, -0.2) is 30.3 Å². The fourth-order valence-electron chi connectivity index (χ4n) is 2.05. The summed E-state index contributed by atoms with van der Waals surface area (Å²) in [4.78, 5) is 22.3. The van der Waals surface area contributed by atoms with Gasteiger partial charge in [-0.15, -0.1) is 0 Å². The maximum absolute atomic E-state index is 12.0. The molecule has 10 heteroatoms. The van der Waals surface area contributed by atoms with Crippen LogP contribution < -0.4 is 14.9 Å². The van der Waals surface area contributed by atoms with Gasteiger partial charge in [0.15, 0.2) is 18.1 Å². The first-order valence-corrected chi connectivity index (χ1v) is 9.14. The van der Waals surface area contributed by atoms with Crippen LogP contribution in [0, 0.1) is 10.1 Å². The fraction of sp³-hybridized carbons (Fsp3) is 0.176. The Morgan fingerprint density at radius 3 is 2.70 bits per heavy atom. The number of carbonyl (C=O) groups is 1. The molecule has 0 atom stereocenters. The monoisotopic (exact) mass is 499 g/mol. The standard InChI is InChI=1S/C17H15Br2N3O5/c1-10(11-4-3-5-13(6-11)22(24)25)20-21-16(23)9-27-17-14(19)7-12(18)8-15(17)26-2/h3-8H,9H2,1-2H3,(H,21,23). The second-order valence-electron chi connectivity index (χ2n) is 5.25. The third-order valence-electron chi connectivity index (χ3n) is 3.36.